The number of Topliss-reactive ketones (excluding diaryl/α,β-unsaturated/α-hetero) is 1. The van der Waals surface area contributed by atoms with E-state index in [9.17, 15) is 4.79 Å². The molecule has 0 rings (SSSR count). The Labute approximate surface area is 95.0 Å². The lowest BCUT2D eigenvalue weighted by Gasteiger charge is -2.07. The fourth-order valence-corrected chi connectivity index (χ4v) is 1.45. The lowest BCUT2D eigenvalue weighted by molar-refractivity contribution is -0.115. The van der Waals surface area contributed by atoms with Crippen molar-refractivity contribution in [3.8, 4) is 0 Å². The van der Waals surface area contributed by atoms with Crippen molar-refractivity contribution in [2.45, 2.75) is 59.8 Å². The summed E-state index contributed by atoms with van der Waals surface area (Å²) >= 11 is 0. The van der Waals surface area contributed by atoms with Crippen molar-refractivity contribution in [1.82, 2.24) is 0 Å². The van der Waals surface area contributed by atoms with Crippen LogP contribution < -0.4 is 0 Å². The monoisotopic (exact) mass is 210 g/mol. The molecule has 1 nitrogen and oxygen atoms in total. The Morgan fingerprint density at radius 3 is 2.00 bits per heavy atom. The Hall–Kier alpha value is -0.590. The van der Waals surface area contributed by atoms with Gasteiger partial charge in [0.2, 0.25) is 0 Å². The first kappa shape index (κ1) is 14.4. The Morgan fingerprint density at radius 1 is 1.00 bits per heavy atom. The van der Waals surface area contributed by atoms with Gasteiger partial charge in [-0.3, -0.25) is 4.79 Å². The van der Waals surface area contributed by atoms with Crippen molar-refractivity contribution in [3.05, 3.63) is 12.2 Å². The van der Waals surface area contributed by atoms with Gasteiger partial charge in [0, 0.05) is 6.42 Å². The highest BCUT2D eigenvalue weighted by molar-refractivity contribution is 5.94. The summed E-state index contributed by atoms with van der Waals surface area (Å²) in [6.07, 6.45) is 4.79. The topological polar surface area (TPSA) is 17.1 Å². The first-order valence-corrected chi connectivity index (χ1v) is 6.14. The van der Waals surface area contributed by atoms with Crippen LogP contribution in [0.1, 0.15) is 59.8 Å². The number of carbonyl (C=O) groups is 1. The van der Waals surface area contributed by atoms with Gasteiger partial charge in [0.1, 0.15) is 0 Å². The van der Waals surface area contributed by atoms with Crippen LogP contribution in [0.15, 0.2) is 12.2 Å². The molecule has 0 aromatic rings. The van der Waals surface area contributed by atoms with E-state index in [0.717, 1.165) is 31.3 Å². The molecule has 15 heavy (non-hydrogen) atoms. The van der Waals surface area contributed by atoms with E-state index in [4.69, 9.17) is 0 Å². The molecule has 0 heterocycles. The highest BCUT2D eigenvalue weighted by Crippen LogP contribution is 2.14. The van der Waals surface area contributed by atoms with Gasteiger partial charge < -0.3 is 0 Å². The molecule has 0 aromatic carbocycles. The second-order valence-electron chi connectivity index (χ2n) is 5.25. The van der Waals surface area contributed by atoms with Crippen molar-refractivity contribution in [1.29, 1.82) is 0 Å². The summed E-state index contributed by atoms with van der Waals surface area (Å²) in [5, 5.41) is 0. The number of allylic oxidation sites excluding steroid dienone is 1. The summed E-state index contributed by atoms with van der Waals surface area (Å²) in [5.41, 5.74) is 0.826. The first-order chi connectivity index (χ1) is 6.93. The van der Waals surface area contributed by atoms with Gasteiger partial charge in [0.05, 0.1) is 0 Å². The Morgan fingerprint density at radius 2 is 1.53 bits per heavy atom. The maximum Gasteiger partial charge on any atom is 0.158 e. The van der Waals surface area contributed by atoms with Gasteiger partial charge in [0.15, 0.2) is 5.78 Å². The summed E-state index contributed by atoms with van der Waals surface area (Å²) in [5.74, 6) is 1.63. The Kier molecular flexibility index (Phi) is 7.37. The third-order valence-corrected chi connectivity index (χ3v) is 2.60. The standard InChI is InChI=1S/C14H26O/c1-11(2)7-6-8-14(15)13(5)10-9-12(3)4/h11-12H,5-10H2,1-4H3. The lowest BCUT2D eigenvalue weighted by atomic mass is 9.97. The highest BCUT2D eigenvalue weighted by Gasteiger charge is 2.08. The minimum Gasteiger partial charge on any atom is -0.295 e. The maximum absolute atomic E-state index is 11.6. The largest absolute Gasteiger partial charge is 0.295 e. The predicted molar refractivity (Wildman–Crippen MR) is 66.9 cm³/mol. The normalized spacial score (nSPS) is 11.1. The fourth-order valence-electron chi connectivity index (χ4n) is 1.45. The molecule has 0 spiro atoms. The number of rotatable bonds is 8. The predicted octanol–water partition coefficient (Wildman–Crippen LogP) is 4.37. The van der Waals surface area contributed by atoms with Crippen LogP contribution in [0, 0.1) is 11.8 Å². The molecule has 0 aromatic heterocycles. The molecule has 0 aliphatic heterocycles. The molecule has 0 aliphatic carbocycles. The lowest BCUT2D eigenvalue weighted by Crippen LogP contribution is -2.03. The van der Waals surface area contributed by atoms with Crippen molar-refractivity contribution in [3.63, 3.8) is 0 Å². The van der Waals surface area contributed by atoms with Crippen LogP contribution in [0.4, 0.5) is 0 Å². The van der Waals surface area contributed by atoms with Gasteiger partial charge in [-0.25, -0.2) is 0 Å². The van der Waals surface area contributed by atoms with Crippen LogP contribution >= 0.6 is 0 Å². The van der Waals surface area contributed by atoms with Crippen molar-refractivity contribution >= 4 is 5.78 Å². The molecule has 0 unspecified atom stereocenters. The molecular weight excluding hydrogens is 184 g/mol. The Balaban J connectivity index is 3.65. The van der Waals surface area contributed by atoms with Crippen LogP contribution in [0.5, 0.6) is 0 Å². The minimum absolute atomic E-state index is 0.274. The first-order valence-electron chi connectivity index (χ1n) is 6.14. The zero-order valence-corrected chi connectivity index (χ0v) is 10.8. The third kappa shape index (κ3) is 8.41. The van der Waals surface area contributed by atoms with Gasteiger partial charge >= 0.3 is 0 Å². The van der Waals surface area contributed by atoms with Crippen LogP contribution in [-0.4, -0.2) is 5.78 Å². The molecule has 0 atom stereocenters. The van der Waals surface area contributed by atoms with Crippen molar-refractivity contribution in [2.24, 2.45) is 11.8 Å². The number of ketones is 1. The molecule has 0 bridgehead atoms. The van der Waals surface area contributed by atoms with E-state index in [0.29, 0.717) is 18.3 Å². The molecule has 0 radical (unpaired) electrons. The summed E-state index contributed by atoms with van der Waals surface area (Å²) in [7, 11) is 0. The number of hydrogen-bond donors (Lipinski definition) is 0. The number of carbonyl (C=O) groups excluding carboxylic acids is 1. The van der Waals surface area contributed by atoms with Gasteiger partial charge in [-0.05, 0) is 36.7 Å². The molecule has 0 saturated carbocycles. The van der Waals surface area contributed by atoms with E-state index >= 15 is 0 Å². The zero-order valence-electron chi connectivity index (χ0n) is 10.8. The molecular formula is C14H26O. The molecule has 1 heteroatoms. The van der Waals surface area contributed by atoms with Gasteiger partial charge in [-0.15, -0.1) is 0 Å². The number of hydrogen-bond acceptors (Lipinski definition) is 1. The van der Waals surface area contributed by atoms with Crippen molar-refractivity contribution < 1.29 is 4.79 Å². The Bertz CT molecular complexity index is 201. The average Bonchev–Trinajstić information content (AvgIpc) is 2.13. The van der Waals surface area contributed by atoms with Crippen LogP contribution in [0.25, 0.3) is 0 Å². The van der Waals surface area contributed by atoms with Gasteiger partial charge in [-0.2, -0.15) is 0 Å². The van der Waals surface area contributed by atoms with E-state index in [1.54, 1.807) is 0 Å². The molecule has 88 valence electrons. The third-order valence-electron chi connectivity index (χ3n) is 2.60. The zero-order chi connectivity index (χ0) is 11.8. The van der Waals surface area contributed by atoms with Gasteiger partial charge in [-0.1, -0.05) is 40.7 Å². The van der Waals surface area contributed by atoms with Gasteiger partial charge in [0.25, 0.3) is 0 Å². The van der Waals surface area contributed by atoms with Crippen LogP contribution in [-0.2, 0) is 4.79 Å². The van der Waals surface area contributed by atoms with E-state index in [-0.39, 0.29) is 5.78 Å². The summed E-state index contributed by atoms with van der Waals surface area (Å²) in [6, 6.07) is 0. The second kappa shape index (κ2) is 7.67. The molecule has 0 saturated heterocycles. The van der Waals surface area contributed by atoms with E-state index in [1.165, 1.54) is 0 Å². The molecule has 0 aliphatic rings. The SMILES string of the molecule is C=C(CCC(C)C)C(=O)CCCC(C)C. The molecule has 0 amide bonds. The smallest absolute Gasteiger partial charge is 0.158 e. The van der Waals surface area contributed by atoms with E-state index in [2.05, 4.69) is 34.3 Å². The minimum atomic E-state index is 0.274. The van der Waals surface area contributed by atoms with Crippen LogP contribution in [0.3, 0.4) is 0 Å². The summed E-state index contributed by atoms with van der Waals surface area (Å²) in [4.78, 5) is 11.6. The average molecular weight is 210 g/mol. The summed E-state index contributed by atoms with van der Waals surface area (Å²) in [6.45, 7) is 12.6. The molecule has 0 N–H and O–H groups in total. The maximum atomic E-state index is 11.6. The van der Waals surface area contributed by atoms with Crippen molar-refractivity contribution in [2.75, 3.05) is 0 Å². The highest BCUT2D eigenvalue weighted by atomic mass is 16.1. The quantitative estimate of drug-likeness (QED) is 0.543. The second-order valence-corrected chi connectivity index (χ2v) is 5.25. The molecule has 0 fully saturated rings. The van der Waals surface area contributed by atoms with E-state index in [1.807, 2.05) is 0 Å². The summed E-state index contributed by atoms with van der Waals surface area (Å²) < 4.78 is 0. The fraction of sp³-hybridized carbons (Fsp3) is 0.786. The van der Waals surface area contributed by atoms with Crippen LogP contribution in [0.2, 0.25) is 0 Å². The van der Waals surface area contributed by atoms with E-state index < -0.39 is 0 Å².